The van der Waals surface area contributed by atoms with Crippen LogP contribution in [0.2, 0.25) is 0 Å². The molecule has 0 aliphatic carbocycles. The molecule has 0 saturated carbocycles. The number of anilines is 3. The molecule has 1 saturated heterocycles. The molecule has 8 nitrogen and oxygen atoms in total. The molecule has 3 aromatic rings. The lowest BCUT2D eigenvalue weighted by Gasteiger charge is -2.36. The first kappa shape index (κ1) is 21.2. The van der Waals surface area contributed by atoms with Gasteiger partial charge in [0.2, 0.25) is 0 Å². The molecule has 2 N–H and O–H groups in total. The Morgan fingerprint density at radius 3 is 2.25 bits per heavy atom. The molecule has 0 bridgehead atoms. The van der Waals surface area contributed by atoms with E-state index in [0.717, 1.165) is 37.7 Å². The number of aromatic carboxylic acids is 1. The van der Waals surface area contributed by atoms with E-state index in [1.807, 2.05) is 30.3 Å². The maximum atomic E-state index is 12.5. The topological polar surface area (TPSA) is 95.0 Å². The molecule has 2 aromatic carbocycles. The maximum absolute atomic E-state index is 12.5. The third kappa shape index (κ3) is 4.80. The van der Waals surface area contributed by atoms with Gasteiger partial charge in [0.1, 0.15) is 11.6 Å². The second-order valence-corrected chi connectivity index (χ2v) is 7.42. The number of carboxylic acids is 1. The fraction of sp³-hybridized carbons (Fsp3) is 0.208. The predicted octanol–water partition coefficient (Wildman–Crippen LogP) is 3.37. The number of piperazine rings is 1. The first-order valence-electron chi connectivity index (χ1n) is 10.3. The molecule has 2 heterocycles. The van der Waals surface area contributed by atoms with E-state index in [0.29, 0.717) is 17.0 Å². The minimum Gasteiger partial charge on any atom is -0.497 e. The van der Waals surface area contributed by atoms with Gasteiger partial charge in [0, 0.05) is 49.8 Å². The average molecular weight is 432 g/mol. The van der Waals surface area contributed by atoms with Crippen LogP contribution in [-0.4, -0.2) is 55.3 Å². The van der Waals surface area contributed by atoms with Gasteiger partial charge in [-0.2, -0.15) is 0 Å². The smallest absolute Gasteiger partial charge is 0.335 e. The van der Waals surface area contributed by atoms with Crippen LogP contribution in [-0.2, 0) is 0 Å². The number of amides is 1. The summed E-state index contributed by atoms with van der Waals surface area (Å²) in [5.74, 6) is 0.344. The number of hydrogen-bond donors (Lipinski definition) is 2. The number of carboxylic acid groups (broad SMARTS) is 1. The SMILES string of the molecule is COc1cccc(NC(=O)c2ccc(N3CCN(c4ccc(C(=O)O)cc4)CC3)nc2)c1. The number of carbonyl (C=O) groups excluding carboxylic acids is 1. The molecule has 0 spiro atoms. The lowest BCUT2D eigenvalue weighted by molar-refractivity contribution is 0.0696. The second-order valence-electron chi connectivity index (χ2n) is 7.42. The summed E-state index contributed by atoms with van der Waals surface area (Å²) in [6.45, 7) is 3.16. The summed E-state index contributed by atoms with van der Waals surface area (Å²) in [5.41, 5.74) is 2.43. The van der Waals surface area contributed by atoms with E-state index >= 15 is 0 Å². The highest BCUT2D eigenvalue weighted by Gasteiger charge is 2.19. The Hall–Kier alpha value is -4.07. The Kier molecular flexibility index (Phi) is 6.21. The highest BCUT2D eigenvalue weighted by atomic mass is 16.5. The molecule has 4 rings (SSSR count). The number of carbonyl (C=O) groups is 2. The van der Waals surface area contributed by atoms with E-state index in [4.69, 9.17) is 9.84 Å². The lowest BCUT2D eigenvalue weighted by Crippen LogP contribution is -2.46. The third-order valence-electron chi connectivity index (χ3n) is 5.42. The van der Waals surface area contributed by atoms with Crippen LogP contribution < -0.4 is 19.9 Å². The summed E-state index contributed by atoms with van der Waals surface area (Å²) in [6.07, 6.45) is 1.59. The first-order valence-corrected chi connectivity index (χ1v) is 10.3. The quantitative estimate of drug-likeness (QED) is 0.617. The molecule has 1 amide bonds. The molecule has 1 aromatic heterocycles. The highest BCUT2D eigenvalue weighted by molar-refractivity contribution is 6.04. The van der Waals surface area contributed by atoms with Crippen molar-refractivity contribution in [3.63, 3.8) is 0 Å². The van der Waals surface area contributed by atoms with Crippen molar-refractivity contribution >= 4 is 29.1 Å². The number of nitrogens with zero attached hydrogens (tertiary/aromatic N) is 3. The molecule has 1 fully saturated rings. The van der Waals surface area contributed by atoms with Crippen molar-refractivity contribution in [1.29, 1.82) is 0 Å². The van der Waals surface area contributed by atoms with Gasteiger partial charge in [-0.3, -0.25) is 4.79 Å². The molecule has 1 aliphatic heterocycles. The van der Waals surface area contributed by atoms with Gasteiger partial charge >= 0.3 is 5.97 Å². The highest BCUT2D eigenvalue weighted by Crippen LogP contribution is 2.21. The van der Waals surface area contributed by atoms with Crippen molar-refractivity contribution in [3.05, 3.63) is 78.0 Å². The standard InChI is InChI=1S/C24H24N4O4/c1-32-21-4-2-3-19(15-21)26-23(29)18-7-10-22(25-16-18)28-13-11-27(12-14-28)20-8-5-17(6-9-20)24(30)31/h2-10,15-16H,11-14H2,1H3,(H,26,29)(H,30,31). The van der Waals surface area contributed by atoms with E-state index in [1.54, 1.807) is 43.6 Å². The number of aromatic nitrogens is 1. The zero-order valence-electron chi connectivity index (χ0n) is 17.7. The maximum Gasteiger partial charge on any atom is 0.335 e. The van der Waals surface area contributed by atoms with E-state index in [-0.39, 0.29) is 11.5 Å². The predicted molar refractivity (Wildman–Crippen MR) is 123 cm³/mol. The van der Waals surface area contributed by atoms with Gasteiger partial charge < -0.3 is 25.0 Å². The molecule has 0 unspecified atom stereocenters. The van der Waals surface area contributed by atoms with Gasteiger partial charge in [0.05, 0.1) is 18.2 Å². The Morgan fingerprint density at radius 2 is 1.62 bits per heavy atom. The number of benzene rings is 2. The van der Waals surface area contributed by atoms with Crippen LogP contribution in [0.5, 0.6) is 5.75 Å². The van der Waals surface area contributed by atoms with Gasteiger partial charge in [-0.15, -0.1) is 0 Å². The van der Waals surface area contributed by atoms with Crippen LogP contribution in [0.1, 0.15) is 20.7 Å². The van der Waals surface area contributed by atoms with Crippen LogP contribution in [0.4, 0.5) is 17.2 Å². The van der Waals surface area contributed by atoms with Crippen LogP contribution in [0, 0.1) is 0 Å². The Labute approximate surface area is 186 Å². The summed E-state index contributed by atoms with van der Waals surface area (Å²) in [5, 5.41) is 11.9. The third-order valence-corrected chi connectivity index (χ3v) is 5.42. The second kappa shape index (κ2) is 9.38. The molecule has 0 radical (unpaired) electrons. The van der Waals surface area contributed by atoms with Crippen molar-refractivity contribution in [2.45, 2.75) is 0 Å². The zero-order valence-corrected chi connectivity index (χ0v) is 17.7. The van der Waals surface area contributed by atoms with E-state index < -0.39 is 5.97 Å². The summed E-state index contributed by atoms with van der Waals surface area (Å²) >= 11 is 0. The zero-order chi connectivity index (χ0) is 22.5. The molecule has 8 heteroatoms. The van der Waals surface area contributed by atoms with E-state index in [1.165, 1.54) is 0 Å². The summed E-state index contributed by atoms with van der Waals surface area (Å²) in [7, 11) is 1.58. The first-order chi connectivity index (χ1) is 15.5. The van der Waals surface area contributed by atoms with Crippen molar-refractivity contribution in [2.75, 3.05) is 48.4 Å². The fourth-order valence-electron chi connectivity index (χ4n) is 3.62. The van der Waals surface area contributed by atoms with E-state index in [9.17, 15) is 9.59 Å². The number of hydrogen-bond acceptors (Lipinski definition) is 6. The van der Waals surface area contributed by atoms with Gasteiger partial charge in [-0.1, -0.05) is 6.07 Å². The minimum absolute atomic E-state index is 0.230. The number of nitrogens with one attached hydrogen (secondary N) is 1. The van der Waals surface area contributed by atoms with Crippen molar-refractivity contribution in [1.82, 2.24) is 4.98 Å². The van der Waals surface area contributed by atoms with Gasteiger partial charge in [0.15, 0.2) is 0 Å². The van der Waals surface area contributed by atoms with Crippen LogP contribution in [0.15, 0.2) is 66.9 Å². The monoisotopic (exact) mass is 432 g/mol. The number of rotatable bonds is 6. The largest absolute Gasteiger partial charge is 0.497 e. The molecule has 32 heavy (non-hydrogen) atoms. The summed E-state index contributed by atoms with van der Waals surface area (Å²) in [6, 6.07) is 17.8. The van der Waals surface area contributed by atoms with Gasteiger partial charge in [-0.25, -0.2) is 9.78 Å². The van der Waals surface area contributed by atoms with Crippen molar-refractivity contribution in [3.8, 4) is 5.75 Å². The molecule has 164 valence electrons. The summed E-state index contributed by atoms with van der Waals surface area (Å²) < 4.78 is 5.18. The summed E-state index contributed by atoms with van der Waals surface area (Å²) in [4.78, 5) is 32.4. The molecule has 0 atom stereocenters. The average Bonchev–Trinajstić information content (AvgIpc) is 2.84. The van der Waals surface area contributed by atoms with Gasteiger partial charge in [0.25, 0.3) is 5.91 Å². The van der Waals surface area contributed by atoms with Crippen LogP contribution in [0.25, 0.3) is 0 Å². The van der Waals surface area contributed by atoms with Crippen LogP contribution in [0.3, 0.4) is 0 Å². The number of methoxy groups -OCH3 is 1. The van der Waals surface area contributed by atoms with E-state index in [2.05, 4.69) is 20.1 Å². The molecular weight excluding hydrogens is 408 g/mol. The fourth-order valence-corrected chi connectivity index (χ4v) is 3.62. The van der Waals surface area contributed by atoms with Crippen LogP contribution >= 0.6 is 0 Å². The Morgan fingerprint density at radius 1 is 0.938 bits per heavy atom. The Balaban J connectivity index is 1.34. The lowest BCUT2D eigenvalue weighted by atomic mass is 10.2. The van der Waals surface area contributed by atoms with Gasteiger partial charge in [-0.05, 0) is 48.5 Å². The number of ether oxygens (including phenoxy) is 1. The number of pyridine rings is 1. The molecule has 1 aliphatic rings. The Bertz CT molecular complexity index is 1090. The van der Waals surface area contributed by atoms with Crippen molar-refractivity contribution < 1.29 is 19.4 Å². The van der Waals surface area contributed by atoms with Crippen molar-refractivity contribution in [2.24, 2.45) is 0 Å². The normalized spacial score (nSPS) is 13.5. The minimum atomic E-state index is -0.923. The molecular formula is C24H24N4O4.